The zero-order chi connectivity index (χ0) is 25.6. The van der Waals surface area contributed by atoms with Crippen LogP contribution in [0.15, 0.2) is 121 Å². The fourth-order valence-corrected chi connectivity index (χ4v) is 8.60. The predicted molar refractivity (Wildman–Crippen MR) is 147 cm³/mol. The number of fused-ring (bicyclic) bond motifs is 3. The van der Waals surface area contributed by atoms with Crippen LogP contribution in [-0.4, -0.2) is 10.2 Å². The van der Waals surface area contributed by atoms with Crippen LogP contribution in [0.3, 0.4) is 0 Å². The number of phenols is 2. The normalized spacial score (nSPS) is 16.3. The molecule has 5 aromatic carbocycles. The van der Waals surface area contributed by atoms with E-state index >= 15 is 4.57 Å². The van der Waals surface area contributed by atoms with Gasteiger partial charge in [0.25, 0.3) is 7.37 Å². The average molecular weight is 506 g/mol. The molecule has 1 atom stereocenters. The molecule has 37 heavy (non-hydrogen) atoms. The number of hydrogen-bond acceptors (Lipinski definition) is 5. The van der Waals surface area contributed by atoms with Gasteiger partial charge in [-0.25, -0.2) is 0 Å². The number of phenolic OH excluding ortho intramolecular Hbond substituents is 2. The minimum Gasteiger partial charge on any atom is -0.508 e. The molecule has 6 rings (SSSR count). The quantitative estimate of drug-likeness (QED) is 0.145. The van der Waals surface area contributed by atoms with E-state index in [0.717, 1.165) is 11.1 Å². The van der Waals surface area contributed by atoms with Crippen molar-refractivity contribution in [3.8, 4) is 28.4 Å². The SMILES string of the molecule is Nc1ccc(C(c2ccc(O)cc2)(c2ccc(O)cc2)P2(=O)Oc3ccccc3-c3ccccc32)cc1. The summed E-state index contributed by atoms with van der Waals surface area (Å²) in [6.07, 6.45) is 0. The molecule has 1 aliphatic rings. The van der Waals surface area contributed by atoms with Crippen molar-refractivity contribution in [2.45, 2.75) is 5.16 Å². The highest BCUT2D eigenvalue weighted by atomic mass is 31.2. The highest BCUT2D eigenvalue weighted by Crippen LogP contribution is 2.71. The molecule has 6 heteroatoms. The Hall–Kier alpha value is -4.47. The summed E-state index contributed by atoms with van der Waals surface area (Å²) in [5, 5.41) is 19.5. The Balaban J connectivity index is 1.79. The first-order chi connectivity index (χ1) is 17.9. The summed E-state index contributed by atoms with van der Waals surface area (Å²) in [4.78, 5) is 0. The number of anilines is 1. The van der Waals surface area contributed by atoms with Crippen LogP contribution >= 0.6 is 7.37 Å². The molecule has 182 valence electrons. The largest absolute Gasteiger partial charge is 0.508 e. The topological polar surface area (TPSA) is 92.8 Å². The molecule has 5 aromatic rings. The summed E-state index contributed by atoms with van der Waals surface area (Å²) in [5.74, 6) is 0.713. The van der Waals surface area contributed by atoms with Crippen molar-refractivity contribution in [2.24, 2.45) is 0 Å². The van der Waals surface area contributed by atoms with Crippen LogP contribution in [0.2, 0.25) is 0 Å². The highest BCUT2D eigenvalue weighted by molar-refractivity contribution is 7.69. The lowest BCUT2D eigenvalue weighted by Gasteiger charge is -2.44. The van der Waals surface area contributed by atoms with Gasteiger partial charge in [0, 0.05) is 11.3 Å². The van der Waals surface area contributed by atoms with E-state index in [1.54, 1.807) is 60.7 Å². The maximum absolute atomic E-state index is 15.9. The lowest BCUT2D eigenvalue weighted by molar-refractivity contribution is 0.464. The molecule has 1 aliphatic heterocycles. The molecule has 5 nitrogen and oxygen atoms in total. The van der Waals surface area contributed by atoms with Crippen molar-refractivity contribution >= 4 is 18.4 Å². The Labute approximate surface area is 214 Å². The van der Waals surface area contributed by atoms with E-state index in [2.05, 4.69) is 0 Å². The molecule has 1 unspecified atom stereocenters. The Bertz CT molecular complexity index is 1530. The number of rotatable bonds is 4. The number of para-hydroxylation sites is 1. The summed E-state index contributed by atoms with van der Waals surface area (Å²) in [6.45, 7) is 0. The van der Waals surface area contributed by atoms with Crippen molar-refractivity contribution in [3.05, 3.63) is 138 Å². The highest BCUT2D eigenvalue weighted by Gasteiger charge is 2.57. The first-order valence-corrected chi connectivity index (χ1v) is 13.5. The van der Waals surface area contributed by atoms with Gasteiger partial charge >= 0.3 is 0 Å². The van der Waals surface area contributed by atoms with Crippen LogP contribution in [0, 0.1) is 0 Å². The molecular formula is C31H24NO4P. The standard InChI is InChI=1S/C31H24NO4P/c32-24-15-9-21(10-16-24)31(22-11-17-25(33)18-12-22,23-13-19-26(34)20-14-23)37(35)30-8-4-2-6-28(30)27-5-1-3-7-29(27)36-37/h1-20,33-34H,32H2. The third-order valence-corrected chi connectivity index (χ3v) is 10.1. The van der Waals surface area contributed by atoms with Gasteiger partial charge in [0.1, 0.15) is 22.4 Å². The number of benzene rings is 5. The second-order valence-corrected chi connectivity index (χ2v) is 11.5. The first kappa shape index (κ1) is 23.0. The van der Waals surface area contributed by atoms with E-state index < -0.39 is 12.5 Å². The minimum absolute atomic E-state index is 0.0919. The molecule has 0 aromatic heterocycles. The van der Waals surface area contributed by atoms with Crippen LogP contribution < -0.4 is 15.6 Å². The molecule has 1 heterocycles. The molecule has 0 saturated heterocycles. The molecule has 0 fully saturated rings. The minimum atomic E-state index is -3.89. The van der Waals surface area contributed by atoms with Crippen LogP contribution in [0.25, 0.3) is 11.1 Å². The monoisotopic (exact) mass is 505 g/mol. The Morgan fingerprint density at radius 1 is 0.595 bits per heavy atom. The van der Waals surface area contributed by atoms with Crippen LogP contribution in [0.5, 0.6) is 17.2 Å². The van der Waals surface area contributed by atoms with Gasteiger partial charge in [0.15, 0.2) is 0 Å². The maximum Gasteiger partial charge on any atom is 0.296 e. The van der Waals surface area contributed by atoms with Gasteiger partial charge in [0.05, 0.1) is 5.30 Å². The first-order valence-electron chi connectivity index (χ1n) is 11.9. The molecular weight excluding hydrogens is 481 g/mol. The van der Waals surface area contributed by atoms with Crippen molar-refractivity contribution < 1.29 is 19.3 Å². The third kappa shape index (κ3) is 3.43. The lowest BCUT2D eigenvalue weighted by atomic mass is 9.83. The van der Waals surface area contributed by atoms with Gasteiger partial charge in [-0.3, -0.25) is 4.57 Å². The van der Waals surface area contributed by atoms with E-state index in [1.807, 2.05) is 60.7 Å². The van der Waals surface area contributed by atoms with Crippen molar-refractivity contribution in [3.63, 3.8) is 0 Å². The lowest BCUT2D eigenvalue weighted by Crippen LogP contribution is -2.37. The fraction of sp³-hybridized carbons (Fsp3) is 0.0323. The van der Waals surface area contributed by atoms with Gasteiger partial charge in [-0.1, -0.05) is 72.8 Å². The van der Waals surface area contributed by atoms with E-state index in [9.17, 15) is 10.2 Å². The zero-order valence-corrected chi connectivity index (χ0v) is 20.7. The van der Waals surface area contributed by atoms with E-state index in [4.69, 9.17) is 10.3 Å². The molecule has 0 spiro atoms. The number of aromatic hydroxyl groups is 2. The second-order valence-electron chi connectivity index (χ2n) is 9.08. The van der Waals surface area contributed by atoms with Crippen LogP contribution in [0.4, 0.5) is 5.69 Å². The zero-order valence-electron chi connectivity index (χ0n) is 19.8. The van der Waals surface area contributed by atoms with Crippen molar-refractivity contribution in [1.82, 2.24) is 0 Å². The number of nitrogens with two attached hydrogens (primary N) is 1. The van der Waals surface area contributed by atoms with Crippen molar-refractivity contribution in [1.29, 1.82) is 0 Å². The Morgan fingerprint density at radius 2 is 1.05 bits per heavy atom. The maximum atomic E-state index is 15.9. The van der Waals surface area contributed by atoms with Gasteiger partial charge in [-0.15, -0.1) is 0 Å². The van der Waals surface area contributed by atoms with Gasteiger partial charge in [-0.05, 0) is 70.8 Å². The summed E-state index contributed by atoms with van der Waals surface area (Å²) in [7, 11) is -3.89. The molecule has 0 aliphatic carbocycles. The van der Waals surface area contributed by atoms with E-state index in [-0.39, 0.29) is 11.5 Å². The Morgan fingerprint density at radius 3 is 1.62 bits per heavy atom. The third-order valence-electron chi connectivity index (χ3n) is 6.97. The summed E-state index contributed by atoms with van der Waals surface area (Å²) < 4.78 is 22.6. The molecule has 4 N–H and O–H groups in total. The van der Waals surface area contributed by atoms with Crippen molar-refractivity contribution in [2.75, 3.05) is 5.73 Å². The smallest absolute Gasteiger partial charge is 0.296 e. The summed E-state index contributed by atoms with van der Waals surface area (Å²) >= 11 is 0. The molecule has 0 saturated carbocycles. The second kappa shape index (κ2) is 8.58. The predicted octanol–water partition coefficient (Wildman–Crippen LogP) is 6.63. The van der Waals surface area contributed by atoms with E-state index in [1.165, 1.54) is 0 Å². The molecule has 0 amide bonds. The Kier molecular flexibility index (Phi) is 5.32. The van der Waals surface area contributed by atoms with Crippen LogP contribution in [0.1, 0.15) is 16.7 Å². The molecule has 0 radical (unpaired) electrons. The average Bonchev–Trinajstić information content (AvgIpc) is 2.92. The summed E-state index contributed by atoms with van der Waals surface area (Å²) in [6, 6.07) is 35.9. The van der Waals surface area contributed by atoms with Crippen LogP contribution in [-0.2, 0) is 9.72 Å². The van der Waals surface area contributed by atoms with Gasteiger partial charge in [-0.2, -0.15) is 0 Å². The fourth-order valence-electron chi connectivity index (χ4n) is 5.30. The van der Waals surface area contributed by atoms with Gasteiger partial charge < -0.3 is 20.5 Å². The number of hydrogen-bond donors (Lipinski definition) is 3. The van der Waals surface area contributed by atoms with Gasteiger partial charge in [0.2, 0.25) is 0 Å². The van der Waals surface area contributed by atoms with E-state index in [0.29, 0.717) is 33.4 Å². The summed E-state index contributed by atoms with van der Waals surface area (Å²) in [5.41, 5.74) is 10.4. The molecule has 0 bridgehead atoms. The number of nitrogen functional groups attached to an aromatic ring is 1.